The molecule has 3 N–H and O–H groups in total. The summed E-state index contributed by atoms with van der Waals surface area (Å²) in [5, 5.41) is 3.02. The summed E-state index contributed by atoms with van der Waals surface area (Å²) < 4.78 is 1.52. The first kappa shape index (κ1) is 20.8. The van der Waals surface area contributed by atoms with Crippen LogP contribution in [0.2, 0.25) is 0 Å². The lowest BCUT2D eigenvalue weighted by molar-refractivity contribution is -0.130. The van der Waals surface area contributed by atoms with Gasteiger partial charge >= 0.3 is 0 Å². The molecule has 1 aromatic heterocycles. The van der Waals surface area contributed by atoms with Crippen LogP contribution in [-0.2, 0) is 4.79 Å². The second-order valence-corrected chi connectivity index (χ2v) is 7.87. The number of carbonyl (C=O) groups excluding carboxylic acids is 2. The number of hydrogen-bond acceptors (Lipinski definition) is 4. The maximum absolute atomic E-state index is 12.6. The van der Waals surface area contributed by atoms with Gasteiger partial charge < -0.3 is 16.0 Å². The van der Waals surface area contributed by atoms with E-state index in [1.165, 1.54) is 10.6 Å². The van der Waals surface area contributed by atoms with E-state index in [2.05, 4.69) is 5.32 Å². The van der Waals surface area contributed by atoms with Gasteiger partial charge in [-0.3, -0.25) is 19.0 Å². The van der Waals surface area contributed by atoms with Gasteiger partial charge in [0.05, 0.1) is 0 Å². The molecule has 1 aliphatic carbocycles. The number of nitrogens with one attached hydrogen (secondary N) is 1. The number of amides is 2. The topological polar surface area (TPSA) is 97.4 Å². The molecule has 1 aromatic carbocycles. The van der Waals surface area contributed by atoms with Crippen molar-refractivity contribution in [3.63, 3.8) is 0 Å². The molecule has 0 radical (unpaired) electrons. The van der Waals surface area contributed by atoms with Crippen LogP contribution in [0.1, 0.15) is 36.0 Å². The SMILES string of the molecule is CN(C)C(=O)CC1CCC(NC(=O)c2ccc(-n3ccccc3=O)cc2)C(N)C1. The minimum Gasteiger partial charge on any atom is -0.349 e. The Morgan fingerprint density at radius 2 is 1.86 bits per heavy atom. The fraction of sp³-hybridized carbons (Fsp3) is 0.409. The van der Waals surface area contributed by atoms with Gasteiger partial charge in [-0.1, -0.05) is 6.07 Å². The molecule has 3 rings (SSSR count). The van der Waals surface area contributed by atoms with Gasteiger partial charge in [0.1, 0.15) is 0 Å². The zero-order chi connectivity index (χ0) is 21.0. The highest BCUT2D eigenvalue weighted by Crippen LogP contribution is 2.27. The molecule has 2 amide bonds. The number of benzene rings is 1. The van der Waals surface area contributed by atoms with Gasteiger partial charge in [-0.05, 0) is 55.5 Å². The molecule has 1 aliphatic rings. The number of aromatic nitrogens is 1. The molecule has 3 unspecified atom stereocenters. The van der Waals surface area contributed by atoms with Crippen molar-refractivity contribution < 1.29 is 9.59 Å². The number of hydrogen-bond donors (Lipinski definition) is 2. The monoisotopic (exact) mass is 396 g/mol. The van der Waals surface area contributed by atoms with E-state index in [1.54, 1.807) is 61.6 Å². The van der Waals surface area contributed by atoms with Crippen molar-refractivity contribution in [1.82, 2.24) is 14.8 Å². The van der Waals surface area contributed by atoms with Crippen LogP contribution in [0, 0.1) is 5.92 Å². The first-order valence-corrected chi connectivity index (χ1v) is 9.90. The molecule has 1 saturated carbocycles. The molecule has 3 atom stereocenters. The van der Waals surface area contributed by atoms with Crippen LogP contribution in [0.4, 0.5) is 0 Å². The molecule has 0 spiro atoms. The van der Waals surface area contributed by atoms with Crippen LogP contribution < -0.4 is 16.6 Å². The fourth-order valence-electron chi connectivity index (χ4n) is 3.76. The molecule has 0 saturated heterocycles. The Kier molecular flexibility index (Phi) is 6.49. The van der Waals surface area contributed by atoms with E-state index >= 15 is 0 Å². The summed E-state index contributed by atoms with van der Waals surface area (Å²) >= 11 is 0. The third-order valence-electron chi connectivity index (χ3n) is 5.52. The third kappa shape index (κ3) is 5.12. The van der Waals surface area contributed by atoms with E-state index in [9.17, 15) is 14.4 Å². The average Bonchev–Trinajstić information content (AvgIpc) is 2.70. The lowest BCUT2D eigenvalue weighted by Crippen LogP contribution is -2.51. The van der Waals surface area contributed by atoms with Crippen LogP contribution in [-0.4, -0.2) is 47.5 Å². The summed E-state index contributed by atoms with van der Waals surface area (Å²) in [6.45, 7) is 0. The van der Waals surface area contributed by atoms with Crippen LogP contribution in [0.25, 0.3) is 5.69 Å². The predicted octanol–water partition coefficient (Wildman–Crippen LogP) is 1.54. The van der Waals surface area contributed by atoms with Gasteiger partial charge in [0, 0.05) is 56.1 Å². The molecule has 29 heavy (non-hydrogen) atoms. The van der Waals surface area contributed by atoms with E-state index in [0.717, 1.165) is 19.3 Å². The highest BCUT2D eigenvalue weighted by molar-refractivity contribution is 5.94. The van der Waals surface area contributed by atoms with Crippen molar-refractivity contribution in [3.8, 4) is 5.69 Å². The van der Waals surface area contributed by atoms with Crippen molar-refractivity contribution in [2.45, 2.75) is 37.8 Å². The van der Waals surface area contributed by atoms with E-state index in [4.69, 9.17) is 5.73 Å². The molecule has 0 aliphatic heterocycles. The minimum absolute atomic E-state index is 0.107. The zero-order valence-electron chi connectivity index (χ0n) is 16.9. The van der Waals surface area contributed by atoms with Gasteiger partial charge in [-0.15, -0.1) is 0 Å². The first-order chi connectivity index (χ1) is 13.8. The largest absolute Gasteiger partial charge is 0.349 e. The summed E-state index contributed by atoms with van der Waals surface area (Å²) in [4.78, 5) is 38.1. The van der Waals surface area contributed by atoms with Crippen molar-refractivity contribution in [2.75, 3.05) is 14.1 Å². The predicted molar refractivity (Wildman–Crippen MR) is 112 cm³/mol. The van der Waals surface area contributed by atoms with Gasteiger partial charge in [-0.25, -0.2) is 0 Å². The molecule has 7 heteroatoms. The molecule has 1 fully saturated rings. The Hall–Kier alpha value is -2.93. The number of rotatable bonds is 5. The maximum Gasteiger partial charge on any atom is 0.255 e. The van der Waals surface area contributed by atoms with Gasteiger partial charge in [0.25, 0.3) is 11.5 Å². The molecular formula is C22H28N4O3. The van der Waals surface area contributed by atoms with E-state index < -0.39 is 0 Å². The molecule has 2 aromatic rings. The average molecular weight is 396 g/mol. The molecule has 154 valence electrons. The normalized spacial score (nSPS) is 21.4. The Labute approximate surface area is 170 Å². The van der Waals surface area contributed by atoms with Crippen molar-refractivity contribution in [2.24, 2.45) is 11.7 Å². The molecule has 7 nitrogen and oxygen atoms in total. The zero-order valence-corrected chi connectivity index (χ0v) is 16.9. The van der Waals surface area contributed by atoms with Crippen LogP contribution in [0.3, 0.4) is 0 Å². The van der Waals surface area contributed by atoms with Crippen molar-refractivity contribution in [1.29, 1.82) is 0 Å². The maximum atomic E-state index is 12.6. The Morgan fingerprint density at radius 3 is 2.48 bits per heavy atom. The molecule has 0 bridgehead atoms. The fourth-order valence-corrected chi connectivity index (χ4v) is 3.76. The van der Waals surface area contributed by atoms with Crippen LogP contribution >= 0.6 is 0 Å². The van der Waals surface area contributed by atoms with Crippen LogP contribution in [0.5, 0.6) is 0 Å². The second kappa shape index (κ2) is 9.05. The van der Waals surface area contributed by atoms with Crippen LogP contribution in [0.15, 0.2) is 53.5 Å². The van der Waals surface area contributed by atoms with Gasteiger partial charge in [0.2, 0.25) is 5.91 Å². The minimum atomic E-state index is -0.180. The summed E-state index contributed by atoms with van der Waals surface area (Å²) in [5.41, 5.74) is 7.39. The van der Waals surface area contributed by atoms with Gasteiger partial charge in [-0.2, -0.15) is 0 Å². The Bertz CT molecular complexity index is 920. The van der Waals surface area contributed by atoms with E-state index in [0.29, 0.717) is 17.7 Å². The second-order valence-electron chi connectivity index (χ2n) is 7.87. The summed E-state index contributed by atoms with van der Waals surface area (Å²) in [6.07, 6.45) is 4.54. The summed E-state index contributed by atoms with van der Waals surface area (Å²) in [5.74, 6) is 0.194. The summed E-state index contributed by atoms with van der Waals surface area (Å²) in [6, 6.07) is 11.6. The Morgan fingerprint density at radius 1 is 1.14 bits per heavy atom. The smallest absolute Gasteiger partial charge is 0.255 e. The van der Waals surface area contributed by atoms with Gasteiger partial charge in [0.15, 0.2) is 0 Å². The number of pyridine rings is 1. The number of carbonyl (C=O) groups is 2. The third-order valence-corrected chi connectivity index (χ3v) is 5.52. The highest BCUT2D eigenvalue weighted by atomic mass is 16.2. The lowest BCUT2D eigenvalue weighted by atomic mass is 9.80. The number of nitrogens with two attached hydrogens (primary N) is 1. The molecule has 1 heterocycles. The standard InChI is InChI=1S/C22H28N4O3/c1-25(2)21(28)14-15-6-11-19(18(23)13-15)24-22(29)16-7-9-17(10-8-16)26-12-4-3-5-20(26)27/h3-5,7-10,12,15,18-19H,6,11,13-14,23H2,1-2H3,(H,24,29). The number of nitrogens with zero attached hydrogens (tertiary/aromatic N) is 2. The lowest BCUT2D eigenvalue weighted by Gasteiger charge is -2.34. The first-order valence-electron chi connectivity index (χ1n) is 9.90. The van der Waals surface area contributed by atoms with E-state index in [-0.39, 0.29) is 35.4 Å². The molecular weight excluding hydrogens is 368 g/mol. The van der Waals surface area contributed by atoms with E-state index in [1.807, 2.05) is 0 Å². The summed E-state index contributed by atoms with van der Waals surface area (Å²) in [7, 11) is 3.52. The Balaban J connectivity index is 1.59. The quantitative estimate of drug-likeness (QED) is 0.801. The van der Waals surface area contributed by atoms with Crippen molar-refractivity contribution in [3.05, 3.63) is 64.6 Å². The highest BCUT2D eigenvalue weighted by Gasteiger charge is 2.30. The van der Waals surface area contributed by atoms with Crippen molar-refractivity contribution >= 4 is 11.8 Å².